The van der Waals surface area contributed by atoms with Gasteiger partial charge in [0.2, 0.25) is 0 Å². The molecular weight excluding hydrogens is 496 g/mol. The van der Waals surface area contributed by atoms with Crippen LogP contribution in [0, 0.1) is 0 Å². The molecule has 0 radical (unpaired) electrons. The quantitative estimate of drug-likeness (QED) is 0.288. The molecule has 0 spiro atoms. The van der Waals surface area contributed by atoms with Gasteiger partial charge < -0.3 is 23.9 Å². The van der Waals surface area contributed by atoms with Gasteiger partial charge in [-0.15, -0.1) is 0 Å². The van der Waals surface area contributed by atoms with Crippen LogP contribution < -0.4 is 5.11 Å². The second kappa shape index (κ2) is 12.1. The molecule has 0 bridgehead atoms. The number of thioether (sulfide) groups is 1. The number of amides is 1. The zero-order chi connectivity index (χ0) is 26.3. The maximum Gasteiger partial charge on any atom is 0.266 e. The van der Waals surface area contributed by atoms with Crippen molar-refractivity contribution in [1.82, 2.24) is 4.90 Å². The number of hydrogen-bond acceptors (Lipinski definition) is 7. The van der Waals surface area contributed by atoms with E-state index in [9.17, 15) is 14.7 Å². The summed E-state index contributed by atoms with van der Waals surface area (Å²) in [6, 6.07) is 19.4. The monoisotopic (exact) mass is 524 g/mol. The lowest BCUT2D eigenvalue weighted by Crippen LogP contribution is -2.36. The van der Waals surface area contributed by atoms with Gasteiger partial charge in [-0.1, -0.05) is 78.6 Å². The molecule has 7 nitrogen and oxygen atoms in total. The number of carbonyl (C=O) groups is 2. The number of likely N-dealkylation sites (N-methyl/N-ethyl adjacent to an activating group) is 1. The minimum Gasteiger partial charge on any atom is -0.545 e. The highest BCUT2D eigenvalue weighted by atomic mass is 32.2. The van der Waals surface area contributed by atoms with Crippen molar-refractivity contribution in [2.24, 2.45) is 0 Å². The molecule has 1 N–H and O–H groups in total. The van der Waals surface area contributed by atoms with Gasteiger partial charge in [0.15, 0.2) is 0 Å². The minimum absolute atomic E-state index is 0.0996. The molecule has 1 fully saturated rings. The maximum absolute atomic E-state index is 12.7. The molecule has 188 valence electrons. The van der Waals surface area contributed by atoms with Gasteiger partial charge in [0.1, 0.15) is 22.4 Å². The van der Waals surface area contributed by atoms with E-state index in [-0.39, 0.29) is 18.1 Å². The lowest BCUT2D eigenvalue weighted by atomic mass is 10.1. The number of hydrogen-bond donors (Lipinski definition) is 1. The van der Waals surface area contributed by atoms with Crippen molar-refractivity contribution in [3.63, 3.8) is 0 Å². The predicted molar refractivity (Wildman–Crippen MR) is 144 cm³/mol. The van der Waals surface area contributed by atoms with Crippen molar-refractivity contribution in [2.45, 2.75) is 6.54 Å². The predicted octanol–water partition coefficient (Wildman–Crippen LogP) is 3.40. The fourth-order valence-electron chi connectivity index (χ4n) is 3.19. The Balaban J connectivity index is 0.000000454. The van der Waals surface area contributed by atoms with Crippen LogP contribution in [-0.2, 0) is 11.3 Å². The number of carboxylic acid groups (broad SMARTS) is 1. The zero-order valence-electron chi connectivity index (χ0n) is 20.3. The number of carbonyl (C=O) groups excluding carboxylic acids is 2. The lowest BCUT2D eigenvalue weighted by Gasteiger charge is -2.21. The van der Waals surface area contributed by atoms with Gasteiger partial charge in [-0.05, 0) is 23.3 Å². The number of aliphatic hydroxyl groups is 1. The number of furan rings is 1. The summed E-state index contributed by atoms with van der Waals surface area (Å²) < 4.78 is 7.16. The van der Waals surface area contributed by atoms with E-state index in [2.05, 4.69) is 21.1 Å². The number of carboxylic acids is 1. The van der Waals surface area contributed by atoms with Crippen LogP contribution >= 0.6 is 24.0 Å². The van der Waals surface area contributed by atoms with Gasteiger partial charge in [0.25, 0.3) is 5.91 Å². The van der Waals surface area contributed by atoms with Gasteiger partial charge in [-0.2, -0.15) is 0 Å². The molecule has 36 heavy (non-hydrogen) atoms. The first-order valence-electron chi connectivity index (χ1n) is 11.2. The Kier molecular flexibility index (Phi) is 9.22. The highest BCUT2D eigenvalue weighted by molar-refractivity contribution is 8.26. The van der Waals surface area contributed by atoms with E-state index >= 15 is 0 Å². The van der Waals surface area contributed by atoms with E-state index in [4.69, 9.17) is 21.7 Å². The molecule has 0 saturated carbocycles. The molecule has 2 aromatic carbocycles. The second-order valence-corrected chi connectivity index (χ2v) is 10.7. The normalized spacial score (nSPS) is 14.7. The highest BCUT2D eigenvalue weighted by Crippen LogP contribution is 2.34. The first-order valence-corrected chi connectivity index (χ1v) is 12.4. The molecular formula is C27H28N2O5S2. The van der Waals surface area contributed by atoms with Crippen LogP contribution in [0.15, 0.2) is 76.1 Å². The summed E-state index contributed by atoms with van der Waals surface area (Å²) in [5.74, 6) is -0.292. The van der Waals surface area contributed by atoms with Crippen molar-refractivity contribution in [3.8, 4) is 11.3 Å². The molecule has 1 aromatic heterocycles. The van der Waals surface area contributed by atoms with Crippen molar-refractivity contribution in [2.75, 3.05) is 34.3 Å². The van der Waals surface area contributed by atoms with E-state index in [1.807, 2.05) is 30.3 Å². The Labute approximate surface area is 220 Å². The highest BCUT2D eigenvalue weighted by Gasteiger charge is 2.32. The maximum atomic E-state index is 12.7. The van der Waals surface area contributed by atoms with E-state index in [0.717, 1.165) is 22.2 Å². The fraction of sp³-hybridized carbons (Fsp3) is 0.222. The average molecular weight is 525 g/mol. The number of aromatic carboxylic acids is 1. The summed E-state index contributed by atoms with van der Waals surface area (Å²) in [5, 5.41) is 19.2. The molecule has 4 rings (SSSR count). The Bertz CT molecular complexity index is 1250. The van der Waals surface area contributed by atoms with Crippen molar-refractivity contribution in [3.05, 3.63) is 88.5 Å². The van der Waals surface area contributed by atoms with Crippen LogP contribution in [0.25, 0.3) is 17.4 Å². The largest absolute Gasteiger partial charge is 0.545 e. The van der Waals surface area contributed by atoms with Gasteiger partial charge in [-0.25, -0.2) is 0 Å². The van der Waals surface area contributed by atoms with Crippen molar-refractivity contribution in [1.29, 1.82) is 0 Å². The van der Waals surface area contributed by atoms with Crippen LogP contribution in [0.1, 0.15) is 21.7 Å². The number of thiocarbonyl (C=S) groups is 1. The lowest BCUT2D eigenvalue weighted by molar-refractivity contribution is -0.870. The van der Waals surface area contributed by atoms with Crippen LogP contribution in [-0.4, -0.2) is 65.0 Å². The van der Waals surface area contributed by atoms with Gasteiger partial charge >= 0.3 is 0 Å². The first-order chi connectivity index (χ1) is 17.1. The number of aliphatic hydroxyl groups excluding tert-OH is 1. The fourth-order valence-corrected chi connectivity index (χ4v) is 4.42. The van der Waals surface area contributed by atoms with Gasteiger partial charge in [-0.3, -0.25) is 9.69 Å². The summed E-state index contributed by atoms with van der Waals surface area (Å²) in [4.78, 5) is 25.7. The Hall–Kier alpha value is -3.24. The topological polar surface area (TPSA) is 93.8 Å². The minimum atomic E-state index is -1.23. The third-order valence-corrected chi connectivity index (χ3v) is 6.51. The third-order valence-electron chi connectivity index (χ3n) is 5.13. The summed E-state index contributed by atoms with van der Waals surface area (Å²) in [5.41, 5.74) is 1.83. The van der Waals surface area contributed by atoms with Gasteiger partial charge in [0.05, 0.1) is 45.2 Å². The van der Waals surface area contributed by atoms with Crippen LogP contribution in [0.4, 0.5) is 0 Å². The number of quaternary nitrogens is 1. The van der Waals surface area contributed by atoms with E-state index in [0.29, 0.717) is 27.3 Å². The van der Waals surface area contributed by atoms with E-state index in [1.165, 1.54) is 23.9 Å². The molecule has 1 aliphatic rings. The molecule has 0 aliphatic carbocycles. The zero-order valence-corrected chi connectivity index (χ0v) is 22.0. The summed E-state index contributed by atoms with van der Waals surface area (Å²) in [7, 11) is 6.16. The number of benzene rings is 2. The second-order valence-electron chi connectivity index (χ2n) is 9.06. The van der Waals surface area contributed by atoms with Crippen LogP contribution in [0.2, 0.25) is 0 Å². The van der Waals surface area contributed by atoms with Crippen LogP contribution in [0.5, 0.6) is 0 Å². The number of nitrogens with zero attached hydrogens (tertiary/aromatic N) is 2. The average Bonchev–Trinajstić information content (AvgIpc) is 3.40. The molecule has 1 aliphatic heterocycles. The molecule has 0 unspecified atom stereocenters. The Morgan fingerprint density at radius 3 is 2.31 bits per heavy atom. The molecule has 2 heterocycles. The molecule has 1 amide bonds. The summed E-state index contributed by atoms with van der Waals surface area (Å²) >= 11 is 6.61. The SMILES string of the molecule is C[N+](C)(C)CCO.O=C([O-])c1ccc(-c2ccc(/C=C3/SC(=S)N(Cc4ccccc4)C3=O)o2)cc1. The Morgan fingerprint density at radius 2 is 1.75 bits per heavy atom. The smallest absolute Gasteiger partial charge is 0.266 e. The summed E-state index contributed by atoms with van der Waals surface area (Å²) in [6.07, 6.45) is 1.67. The first kappa shape index (κ1) is 27.3. The van der Waals surface area contributed by atoms with Crippen LogP contribution in [0.3, 0.4) is 0 Å². The Morgan fingerprint density at radius 1 is 1.08 bits per heavy atom. The van der Waals surface area contributed by atoms with Crippen molar-refractivity contribution < 1.29 is 28.7 Å². The molecule has 9 heteroatoms. The number of rotatable bonds is 7. The molecule has 1 saturated heterocycles. The summed E-state index contributed by atoms with van der Waals surface area (Å²) in [6.45, 7) is 1.54. The van der Waals surface area contributed by atoms with E-state index < -0.39 is 5.97 Å². The van der Waals surface area contributed by atoms with Gasteiger partial charge in [0, 0.05) is 11.6 Å². The third kappa shape index (κ3) is 7.63. The standard InChI is InChI=1S/C22H15NO4S2.C5H14NO/c24-20-19(29-22(28)23(20)13-14-4-2-1-3-5-14)12-17-10-11-18(27-17)15-6-8-16(9-7-15)21(25)26;1-6(2,3)4-5-7/h1-12H,13H2,(H,25,26);7H,4-5H2,1-3H3/q;+1/p-1/b19-12+;. The molecule has 0 atom stereocenters. The van der Waals surface area contributed by atoms with Crippen molar-refractivity contribution >= 4 is 46.3 Å². The van der Waals surface area contributed by atoms with E-state index in [1.54, 1.807) is 35.2 Å². The molecule has 3 aromatic rings.